The van der Waals surface area contributed by atoms with Gasteiger partial charge in [0.15, 0.2) is 5.82 Å². The number of amides is 1. The normalized spacial score (nSPS) is 16.2. The molecule has 1 aliphatic heterocycles. The Morgan fingerprint density at radius 1 is 0.976 bits per heavy atom. The Morgan fingerprint density at radius 3 is 2.50 bits per heavy atom. The zero-order valence-corrected chi connectivity index (χ0v) is 24.4. The minimum absolute atomic E-state index is 0.0104. The lowest BCUT2D eigenvalue weighted by atomic mass is 9.85. The molecule has 4 N–H and O–H groups in total. The van der Waals surface area contributed by atoms with E-state index in [9.17, 15) is 4.79 Å². The topological polar surface area (TPSA) is 128 Å². The molecule has 11 heteroatoms. The number of halogens is 2. The number of carbonyl (C=O) groups excluding carboxylic acids is 1. The van der Waals surface area contributed by atoms with Gasteiger partial charge in [-0.05, 0) is 43.7 Å². The van der Waals surface area contributed by atoms with Crippen molar-refractivity contribution in [3.05, 3.63) is 88.8 Å². The molecule has 6 rings (SSSR count). The van der Waals surface area contributed by atoms with Crippen LogP contribution in [-0.2, 0) is 10.3 Å². The van der Waals surface area contributed by atoms with Gasteiger partial charge in [-0.25, -0.2) is 15.0 Å². The van der Waals surface area contributed by atoms with Crippen molar-refractivity contribution in [3.8, 4) is 28.3 Å². The molecule has 3 aromatic heterocycles. The highest BCUT2D eigenvalue weighted by Crippen LogP contribution is 2.43. The molecule has 1 saturated heterocycles. The average molecular weight is 601 g/mol. The molecule has 42 heavy (non-hydrogen) atoms. The van der Waals surface area contributed by atoms with Gasteiger partial charge >= 0.3 is 0 Å². The average Bonchev–Trinajstić information content (AvgIpc) is 3.45. The highest BCUT2D eigenvalue weighted by molar-refractivity contribution is 6.39. The quantitative estimate of drug-likeness (QED) is 0.200. The number of hydrogen-bond donors (Lipinski definition) is 3. The number of rotatable bonds is 7. The summed E-state index contributed by atoms with van der Waals surface area (Å²) in [4.78, 5) is 29.7. The number of aromatic nitrogens is 4. The largest absolute Gasteiger partial charge is 0.481 e. The van der Waals surface area contributed by atoms with Crippen LogP contribution in [0.5, 0.6) is 5.88 Å². The van der Waals surface area contributed by atoms with Crippen molar-refractivity contribution in [2.75, 3.05) is 12.4 Å². The lowest BCUT2D eigenvalue weighted by molar-refractivity contribution is -0.119. The van der Waals surface area contributed by atoms with Gasteiger partial charge in [0.05, 0.1) is 45.6 Å². The monoisotopic (exact) mass is 599 g/mol. The Balaban J connectivity index is 1.36. The fraction of sp³-hybridized carbons (Fsp3) is 0.194. The van der Waals surface area contributed by atoms with E-state index in [0.717, 1.165) is 16.6 Å². The molecule has 0 radical (unpaired) electrons. The highest BCUT2D eigenvalue weighted by atomic mass is 35.5. The van der Waals surface area contributed by atoms with Crippen molar-refractivity contribution >= 4 is 51.6 Å². The van der Waals surface area contributed by atoms with Gasteiger partial charge in [-0.2, -0.15) is 0 Å². The minimum Gasteiger partial charge on any atom is -0.481 e. The zero-order chi connectivity index (χ0) is 29.4. The van der Waals surface area contributed by atoms with Crippen LogP contribution >= 0.6 is 23.2 Å². The van der Waals surface area contributed by atoms with Gasteiger partial charge in [0.25, 0.3) is 0 Å². The van der Waals surface area contributed by atoms with Crippen molar-refractivity contribution in [2.24, 2.45) is 5.73 Å². The molecule has 0 spiro atoms. The first-order chi connectivity index (χ1) is 20.3. The van der Waals surface area contributed by atoms with Crippen molar-refractivity contribution in [1.82, 2.24) is 25.3 Å². The van der Waals surface area contributed by atoms with E-state index in [1.807, 2.05) is 67.6 Å². The molecular formula is C31H27Cl2N7O2. The molecule has 1 unspecified atom stereocenters. The van der Waals surface area contributed by atoms with E-state index in [-0.39, 0.29) is 11.9 Å². The van der Waals surface area contributed by atoms with Gasteiger partial charge in [-0.3, -0.25) is 9.78 Å². The van der Waals surface area contributed by atoms with Gasteiger partial charge in [-0.1, -0.05) is 53.5 Å². The van der Waals surface area contributed by atoms with E-state index in [1.54, 1.807) is 13.3 Å². The smallest absolute Gasteiger partial charge is 0.220 e. The van der Waals surface area contributed by atoms with Gasteiger partial charge in [0.1, 0.15) is 11.8 Å². The van der Waals surface area contributed by atoms with Gasteiger partial charge < -0.3 is 21.1 Å². The van der Waals surface area contributed by atoms with Crippen LogP contribution in [-0.4, -0.2) is 39.0 Å². The number of nitrogens with two attached hydrogens (primary N) is 1. The van der Waals surface area contributed by atoms with Crippen LogP contribution in [0.1, 0.15) is 25.3 Å². The van der Waals surface area contributed by atoms with Gasteiger partial charge in [0.2, 0.25) is 11.8 Å². The van der Waals surface area contributed by atoms with Crippen molar-refractivity contribution in [1.29, 1.82) is 0 Å². The Hall–Kier alpha value is -4.31. The van der Waals surface area contributed by atoms with E-state index in [0.29, 0.717) is 62.6 Å². The number of ether oxygens (including phenoxy) is 1. The van der Waals surface area contributed by atoms with Crippen molar-refractivity contribution < 1.29 is 9.53 Å². The first-order valence-electron chi connectivity index (χ1n) is 13.3. The van der Waals surface area contributed by atoms with Crippen LogP contribution in [0.2, 0.25) is 10.0 Å². The number of methoxy groups -OCH3 is 1. The first-order valence-corrected chi connectivity index (χ1v) is 14.1. The second-order valence-electron chi connectivity index (χ2n) is 10.2. The van der Waals surface area contributed by atoms with Gasteiger partial charge in [0, 0.05) is 34.9 Å². The summed E-state index contributed by atoms with van der Waals surface area (Å²) in [5.41, 5.74) is 11.3. The van der Waals surface area contributed by atoms with E-state index in [2.05, 4.69) is 25.6 Å². The molecule has 1 aliphatic rings. The third kappa shape index (κ3) is 5.00. The van der Waals surface area contributed by atoms with Crippen LogP contribution in [0.3, 0.4) is 0 Å². The predicted molar refractivity (Wildman–Crippen MR) is 165 cm³/mol. The maximum Gasteiger partial charge on any atom is 0.220 e. The number of benzene rings is 2. The molecule has 9 nitrogen and oxygen atoms in total. The molecule has 0 bridgehead atoms. The molecule has 0 aliphatic carbocycles. The third-order valence-electron chi connectivity index (χ3n) is 7.56. The Bertz CT molecular complexity index is 1820. The highest BCUT2D eigenvalue weighted by Gasteiger charge is 2.39. The van der Waals surface area contributed by atoms with Crippen LogP contribution in [0.4, 0.5) is 11.5 Å². The number of hydrogen-bond acceptors (Lipinski definition) is 8. The fourth-order valence-electron chi connectivity index (χ4n) is 5.29. The Kier molecular flexibility index (Phi) is 7.40. The minimum atomic E-state index is -0.875. The predicted octanol–water partition coefficient (Wildman–Crippen LogP) is 6.27. The molecule has 0 saturated carbocycles. The van der Waals surface area contributed by atoms with Crippen LogP contribution in [0, 0.1) is 0 Å². The second-order valence-corrected chi connectivity index (χ2v) is 11.0. The van der Waals surface area contributed by atoms with Gasteiger partial charge in [-0.15, -0.1) is 0 Å². The molecule has 1 fully saturated rings. The van der Waals surface area contributed by atoms with E-state index >= 15 is 0 Å². The van der Waals surface area contributed by atoms with Crippen LogP contribution < -0.4 is 21.1 Å². The van der Waals surface area contributed by atoms with Crippen LogP contribution in [0.15, 0.2) is 73.2 Å². The second kappa shape index (κ2) is 11.2. The first kappa shape index (κ1) is 27.8. The lowest BCUT2D eigenvalue weighted by Gasteiger charge is -2.32. The van der Waals surface area contributed by atoms with Crippen molar-refractivity contribution in [2.45, 2.75) is 31.3 Å². The summed E-state index contributed by atoms with van der Waals surface area (Å²) in [7, 11) is 1.55. The Morgan fingerprint density at radius 2 is 1.74 bits per heavy atom. The van der Waals surface area contributed by atoms with E-state index < -0.39 is 5.54 Å². The van der Waals surface area contributed by atoms with E-state index in [1.165, 1.54) is 6.33 Å². The lowest BCUT2D eigenvalue weighted by Crippen LogP contribution is -2.50. The molecular weight excluding hydrogens is 573 g/mol. The Labute approximate surface area is 252 Å². The van der Waals surface area contributed by atoms with Crippen molar-refractivity contribution in [3.63, 3.8) is 0 Å². The number of pyridine rings is 2. The summed E-state index contributed by atoms with van der Waals surface area (Å²) in [6.45, 7) is 1.87. The third-order valence-corrected chi connectivity index (χ3v) is 8.38. The maximum absolute atomic E-state index is 11.9. The zero-order valence-electron chi connectivity index (χ0n) is 22.9. The molecule has 4 heterocycles. The number of nitrogens with one attached hydrogen (secondary N) is 2. The number of nitrogens with zero attached hydrogens (tertiary/aromatic N) is 4. The summed E-state index contributed by atoms with van der Waals surface area (Å²) in [6, 6.07) is 18.6. The number of fused-ring (bicyclic) bond motifs is 1. The molecule has 5 aromatic rings. The standard InChI is InChI=1S/C31H27Cl2N7O2/c1-31(34,24-13-14-25(41)40-24)20-11-12-21(39-30(20)42-2)19-8-3-6-17(26(19)32)18-7-4-9-22(27(18)33)38-29-28-23(36-16-37-29)10-5-15-35-28/h3-12,15-16,24H,13-14,34H2,1-2H3,(H,40,41)(H,36,37,38)/t24-,31?/m0/s1. The SMILES string of the molecule is COc1nc(-c2cccc(-c3cccc(Nc4ncnc5cccnc45)c3Cl)c2Cl)ccc1C(C)(N)[C@@H]1CCC(=O)N1. The number of carbonyl (C=O) groups is 1. The molecule has 2 aromatic carbocycles. The van der Waals surface area contributed by atoms with E-state index in [4.69, 9.17) is 38.7 Å². The number of anilines is 2. The summed E-state index contributed by atoms with van der Waals surface area (Å²) >= 11 is 14.0. The summed E-state index contributed by atoms with van der Waals surface area (Å²) in [5, 5.41) is 7.21. The molecule has 2 atom stereocenters. The summed E-state index contributed by atoms with van der Waals surface area (Å²) < 4.78 is 5.67. The fourth-order valence-corrected chi connectivity index (χ4v) is 5.89. The molecule has 1 amide bonds. The molecule has 212 valence electrons. The van der Waals surface area contributed by atoms with Crippen LogP contribution in [0.25, 0.3) is 33.4 Å². The summed E-state index contributed by atoms with van der Waals surface area (Å²) in [6.07, 6.45) is 4.26. The summed E-state index contributed by atoms with van der Waals surface area (Å²) in [5.74, 6) is 0.902. The maximum atomic E-state index is 11.9.